The van der Waals surface area contributed by atoms with Gasteiger partial charge in [0.05, 0.1) is 19.6 Å². The number of rotatable bonds is 7. The van der Waals surface area contributed by atoms with Crippen molar-refractivity contribution in [3.8, 4) is 11.5 Å². The Hall–Kier alpha value is -3.07. The maximum atomic E-state index is 13.6. The molecule has 1 aliphatic rings. The van der Waals surface area contributed by atoms with Crippen molar-refractivity contribution in [2.24, 2.45) is 0 Å². The lowest BCUT2D eigenvalue weighted by atomic mass is 9.93. The molecule has 4 rings (SSSR count). The molecule has 9 heteroatoms. The van der Waals surface area contributed by atoms with Crippen molar-refractivity contribution in [3.63, 3.8) is 0 Å². The lowest BCUT2D eigenvalue weighted by molar-refractivity contribution is -0.0515. The highest BCUT2D eigenvalue weighted by Crippen LogP contribution is 2.44. The van der Waals surface area contributed by atoms with E-state index < -0.39 is 17.1 Å². The Morgan fingerprint density at radius 1 is 1.09 bits per heavy atom. The van der Waals surface area contributed by atoms with Gasteiger partial charge in [0, 0.05) is 23.2 Å². The van der Waals surface area contributed by atoms with E-state index in [0.717, 1.165) is 0 Å². The minimum atomic E-state index is -2.09. The molecule has 1 aromatic heterocycles. The number of fused-ring (bicyclic) bond motifs is 2. The van der Waals surface area contributed by atoms with Crippen molar-refractivity contribution in [3.05, 3.63) is 68.5 Å². The Balaban J connectivity index is 1.99. The molecule has 174 valence electrons. The molecule has 0 saturated carbocycles. The van der Waals surface area contributed by atoms with Crippen LogP contribution in [0.15, 0.2) is 45.6 Å². The first-order valence-electron chi connectivity index (χ1n) is 10.4. The van der Waals surface area contributed by atoms with Crippen LogP contribution in [0.3, 0.4) is 0 Å². The number of amides is 1. The average Bonchev–Trinajstić information content (AvgIpc) is 3.01. The first kappa shape index (κ1) is 23.1. The van der Waals surface area contributed by atoms with Crippen LogP contribution in [-0.4, -0.2) is 62.2 Å². The van der Waals surface area contributed by atoms with Gasteiger partial charge >= 0.3 is 0 Å². The monoisotopic (exact) mass is 472 g/mol. The highest BCUT2D eigenvalue weighted by molar-refractivity contribution is 6.31. The molecular weight excluding hydrogens is 448 g/mol. The van der Waals surface area contributed by atoms with Gasteiger partial charge in [0.2, 0.25) is 16.9 Å². The van der Waals surface area contributed by atoms with Gasteiger partial charge in [-0.15, -0.1) is 0 Å². The summed E-state index contributed by atoms with van der Waals surface area (Å²) < 4.78 is 16.6. The number of carbonyl (C=O) groups excluding carboxylic acids is 1. The van der Waals surface area contributed by atoms with Crippen LogP contribution in [-0.2, 0) is 5.72 Å². The summed E-state index contributed by atoms with van der Waals surface area (Å²) in [6.45, 7) is 0.865. The maximum absolute atomic E-state index is 13.6. The van der Waals surface area contributed by atoms with E-state index in [0.29, 0.717) is 29.5 Å². The zero-order valence-corrected chi connectivity index (χ0v) is 19.6. The van der Waals surface area contributed by atoms with Gasteiger partial charge in [0.1, 0.15) is 22.6 Å². The second-order valence-electron chi connectivity index (χ2n) is 8.16. The number of nitrogens with zero attached hydrogens (tertiary/aromatic N) is 2. The fourth-order valence-corrected chi connectivity index (χ4v) is 4.33. The number of hydrogen-bond acceptors (Lipinski definition) is 7. The molecule has 8 nitrogen and oxygen atoms in total. The summed E-state index contributed by atoms with van der Waals surface area (Å²) in [6.07, 6.45) is 0.565. The standard InChI is InChI=1S/C24H25ClN2O6/c1-26(2)8-5-9-27-23(29)22-20(21(28)18-12-15(25)6-7-19(18)33-22)24(27,30)14-10-16(31-3)13-17(11-14)32-4/h6-7,10-13,30H,5,8-9H2,1-4H3. The third kappa shape index (κ3) is 3.84. The van der Waals surface area contributed by atoms with Crippen LogP contribution in [0.5, 0.6) is 11.5 Å². The largest absolute Gasteiger partial charge is 0.497 e. The van der Waals surface area contributed by atoms with Gasteiger partial charge in [-0.25, -0.2) is 0 Å². The van der Waals surface area contributed by atoms with Crippen molar-refractivity contribution < 1.29 is 23.8 Å². The minimum absolute atomic E-state index is 0.151. The van der Waals surface area contributed by atoms with E-state index in [1.54, 1.807) is 24.3 Å². The molecule has 0 radical (unpaired) electrons. The number of benzene rings is 2. The van der Waals surface area contributed by atoms with Crippen molar-refractivity contribution in [2.45, 2.75) is 12.1 Å². The first-order valence-corrected chi connectivity index (χ1v) is 10.8. The highest BCUT2D eigenvalue weighted by Gasteiger charge is 2.54. The summed E-state index contributed by atoms with van der Waals surface area (Å²) in [5, 5.41) is 12.7. The molecule has 2 heterocycles. The lowest BCUT2D eigenvalue weighted by Gasteiger charge is -2.34. The van der Waals surface area contributed by atoms with Crippen LogP contribution in [0.25, 0.3) is 11.0 Å². The van der Waals surface area contributed by atoms with Crippen molar-refractivity contribution in [1.82, 2.24) is 9.80 Å². The molecule has 3 aromatic rings. The molecule has 0 aliphatic carbocycles. The number of ether oxygens (including phenoxy) is 2. The summed E-state index contributed by atoms with van der Waals surface area (Å²) in [6, 6.07) is 9.37. The zero-order chi connectivity index (χ0) is 23.9. The maximum Gasteiger partial charge on any atom is 0.293 e. The molecular formula is C24H25ClN2O6. The van der Waals surface area contributed by atoms with Crippen LogP contribution in [0.1, 0.15) is 28.1 Å². The number of aliphatic hydroxyl groups is 1. The number of halogens is 1. The Morgan fingerprint density at radius 3 is 2.36 bits per heavy atom. The Kier molecular flexibility index (Phi) is 6.09. The zero-order valence-electron chi connectivity index (χ0n) is 18.8. The van der Waals surface area contributed by atoms with E-state index in [9.17, 15) is 14.7 Å². The fourth-order valence-electron chi connectivity index (χ4n) is 4.16. The molecule has 0 bridgehead atoms. The molecule has 1 amide bonds. The molecule has 2 aromatic carbocycles. The van der Waals surface area contributed by atoms with Gasteiger partial charge in [-0.3, -0.25) is 14.5 Å². The fraction of sp³-hybridized carbons (Fsp3) is 0.333. The van der Waals surface area contributed by atoms with E-state index in [4.69, 9.17) is 25.5 Å². The molecule has 1 atom stereocenters. The van der Waals surface area contributed by atoms with Crippen LogP contribution < -0.4 is 14.9 Å². The molecule has 0 spiro atoms. The van der Waals surface area contributed by atoms with Crippen molar-refractivity contribution >= 4 is 28.5 Å². The van der Waals surface area contributed by atoms with E-state index in [-0.39, 0.29) is 34.4 Å². The Labute approximate surface area is 195 Å². The van der Waals surface area contributed by atoms with Crippen molar-refractivity contribution in [1.29, 1.82) is 0 Å². The lowest BCUT2D eigenvalue weighted by Crippen LogP contribution is -2.47. The molecule has 33 heavy (non-hydrogen) atoms. The smallest absolute Gasteiger partial charge is 0.293 e. The van der Waals surface area contributed by atoms with Gasteiger partial charge < -0.3 is 23.9 Å². The van der Waals surface area contributed by atoms with E-state index in [1.165, 1.54) is 31.3 Å². The Morgan fingerprint density at radius 2 is 1.76 bits per heavy atom. The van der Waals surface area contributed by atoms with Gasteiger partial charge in [0.25, 0.3) is 5.91 Å². The SMILES string of the molecule is COc1cc(OC)cc(C2(O)c3c(oc4ccc(Cl)cc4c3=O)C(=O)N2CCCN(C)C)c1. The highest BCUT2D eigenvalue weighted by atomic mass is 35.5. The van der Waals surface area contributed by atoms with Gasteiger partial charge in [0.15, 0.2) is 0 Å². The van der Waals surface area contributed by atoms with Gasteiger partial charge in [-0.1, -0.05) is 11.6 Å². The number of hydrogen-bond donors (Lipinski definition) is 1. The van der Waals surface area contributed by atoms with Gasteiger partial charge in [-0.2, -0.15) is 0 Å². The second-order valence-corrected chi connectivity index (χ2v) is 8.60. The second kappa shape index (κ2) is 8.70. The average molecular weight is 473 g/mol. The quantitative estimate of drug-likeness (QED) is 0.565. The van der Waals surface area contributed by atoms with E-state index in [1.807, 2.05) is 19.0 Å². The summed E-state index contributed by atoms with van der Waals surface area (Å²) in [4.78, 5) is 30.3. The topological polar surface area (TPSA) is 92.4 Å². The first-order chi connectivity index (χ1) is 15.7. The molecule has 1 unspecified atom stereocenters. The molecule has 0 fully saturated rings. The molecule has 1 aliphatic heterocycles. The van der Waals surface area contributed by atoms with E-state index in [2.05, 4.69) is 0 Å². The summed E-state index contributed by atoms with van der Waals surface area (Å²) >= 11 is 6.11. The normalized spacial score (nSPS) is 17.7. The molecule has 1 N–H and O–H groups in total. The molecule has 0 saturated heterocycles. The van der Waals surface area contributed by atoms with Crippen molar-refractivity contribution in [2.75, 3.05) is 41.4 Å². The summed E-state index contributed by atoms with van der Waals surface area (Å²) in [5.41, 5.74) is -2.29. The van der Waals surface area contributed by atoms with Crippen LogP contribution in [0.2, 0.25) is 5.02 Å². The predicted octanol–water partition coefficient (Wildman–Crippen LogP) is 3.06. The third-order valence-corrected chi connectivity index (χ3v) is 6.01. The van der Waals surface area contributed by atoms with Crippen LogP contribution >= 0.6 is 11.6 Å². The van der Waals surface area contributed by atoms with Gasteiger partial charge in [-0.05, 0) is 57.4 Å². The van der Waals surface area contributed by atoms with Crippen LogP contribution in [0.4, 0.5) is 0 Å². The Bertz CT molecular complexity index is 1270. The van der Waals surface area contributed by atoms with E-state index >= 15 is 0 Å². The minimum Gasteiger partial charge on any atom is -0.497 e. The third-order valence-electron chi connectivity index (χ3n) is 5.77. The number of carbonyl (C=O) groups is 1. The predicted molar refractivity (Wildman–Crippen MR) is 124 cm³/mol. The van der Waals surface area contributed by atoms with Crippen LogP contribution in [0, 0.1) is 0 Å². The number of methoxy groups -OCH3 is 2. The summed E-state index contributed by atoms with van der Waals surface area (Å²) in [7, 11) is 6.80. The summed E-state index contributed by atoms with van der Waals surface area (Å²) in [5.74, 6) is 0.0474.